The monoisotopic (exact) mass is 320 g/mol. The van der Waals surface area contributed by atoms with Gasteiger partial charge in [-0.15, -0.1) is 0 Å². The predicted molar refractivity (Wildman–Crippen MR) is 97.0 cm³/mol. The average Bonchev–Trinajstić information content (AvgIpc) is 2.93. The van der Waals surface area contributed by atoms with Crippen LogP contribution in [0.2, 0.25) is 0 Å². The van der Waals surface area contributed by atoms with Crippen LogP contribution in [0.4, 0.5) is 5.69 Å². The summed E-state index contributed by atoms with van der Waals surface area (Å²) >= 11 is 0. The van der Waals surface area contributed by atoms with Crippen molar-refractivity contribution >= 4 is 11.6 Å². The van der Waals surface area contributed by atoms with E-state index in [2.05, 4.69) is 42.2 Å². The Morgan fingerprint density at radius 1 is 0.958 bits per heavy atom. The molecule has 2 aliphatic rings. The first-order valence-electron chi connectivity index (χ1n) is 8.79. The van der Waals surface area contributed by atoms with E-state index in [-0.39, 0.29) is 11.3 Å². The fourth-order valence-corrected chi connectivity index (χ4v) is 4.16. The van der Waals surface area contributed by atoms with Gasteiger partial charge in [0.1, 0.15) is 0 Å². The number of likely N-dealkylation sites (tertiary alicyclic amines) is 1. The highest BCUT2D eigenvalue weighted by Gasteiger charge is 2.52. The normalized spacial score (nSPS) is 21.0. The van der Waals surface area contributed by atoms with Gasteiger partial charge in [0.2, 0.25) is 5.91 Å². The molecule has 0 N–H and O–H groups in total. The van der Waals surface area contributed by atoms with Gasteiger partial charge < -0.3 is 4.90 Å². The average molecular weight is 320 g/mol. The van der Waals surface area contributed by atoms with Gasteiger partial charge in [-0.25, -0.2) is 0 Å². The molecule has 2 aliphatic heterocycles. The third-order valence-corrected chi connectivity index (χ3v) is 5.46. The minimum atomic E-state index is 0.165. The summed E-state index contributed by atoms with van der Waals surface area (Å²) in [6, 6.07) is 21.3. The summed E-state index contributed by atoms with van der Waals surface area (Å²) in [4.78, 5) is 17.0. The van der Waals surface area contributed by atoms with Crippen molar-refractivity contribution in [2.75, 3.05) is 24.5 Å². The summed E-state index contributed by atoms with van der Waals surface area (Å²) in [5.74, 6) is 0.275. The van der Waals surface area contributed by atoms with Crippen LogP contribution in [0.15, 0.2) is 60.7 Å². The quantitative estimate of drug-likeness (QED) is 0.862. The molecular formula is C21H24N2O. The van der Waals surface area contributed by atoms with E-state index in [9.17, 15) is 4.79 Å². The Hall–Kier alpha value is -2.13. The molecule has 1 amide bonds. The molecule has 0 aromatic heterocycles. The van der Waals surface area contributed by atoms with Crippen LogP contribution in [-0.2, 0) is 11.2 Å². The zero-order valence-electron chi connectivity index (χ0n) is 14.2. The van der Waals surface area contributed by atoms with Crippen molar-refractivity contribution in [3.63, 3.8) is 0 Å². The minimum Gasteiger partial charge on any atom is -0.312 e. The number of anilines is 1. The number of nitrogens with zero attached hydrogens (tertiary/aromatic N) is 2. The second-order valence-electron chi connectivity index (χ2n) is 7.44. The van der Waals surface area contributed by atoms with Gasteiger partial charge in [0.05, 0.1) is 0 Å². The molecule has 2 aromatic carbocycles. The van der Waals surface area contributed by atoms with Crippen LogP contribution in [0.1, 0.15) is 18.9 Å². The molecule has 124 valence electrons. The summed E-state index contributed by atoms with van der Waals surface area (Å²) in [6.45, 7) is 5.24. The number of carbonyl (C=O) groups is 1. The Balaban J connectivity index is 1.37. The second-order valence-corrected chi connectivity index (χ2v) is 7.44. The Kier molecular flexibility index (Phi) is 3.89. The molecule has 2 saturated heterocycles. The van der Waals surface area contributed by atoms with Gasteiger partial charge in [0.25, 0.3) is 0 Å². The SMILES string of the molecule is CC(Cc1ccccc1)N1CC2(CC(=O)N(c3ccccc3)C2)C1. The van der Waals surface area contributed by atoms with Crippen LogP contribution < -0.4 is 4.90 Å². The lowest BCUT2D eigenvalue weighted by Gasteiger charge is -2.50. The molecule has 0 saturated carbocycles. The number of para-hydroxylation sites is 1. The Labute approximate surface area is 143 Å². The molecule has 1 spiro atoms. The maximum Gasteiger partial charge on any atom is 0.227 e. The standard InChI is InChI=1S/C21H24N2O/c1-17(12-18-8-4-2-5-9-18)22-14-21(15-22)13-20(24)23(16-21)19-10-6-3-7-11-19/h2-11,17H,12-16H2,1H3. The van der Waals surface area contributed by atoms with Crippen LogP contribution >= 0.6 is 0 Å². The maximum atomic E-state index is 12.5. The number of amides is 1. The van der Waals surface area contributed by atoms with E-state index in [4.69, 9.17) is 0 Å². The molecule has 2 aromatic rings. The lowest BCUT2D eigenvalue weighted by molar-refractivity contribution is -0.119. The highest BCUT2D eigenvalue weighted by molar-refractivity contribution is 5.96. The number of carbonyl (C=O) groups excluding carboxylic acids is 1. The summed E-state index contributed by atoms with van der Waals surface area (Å²) in [6.07, 6.45) is 1.77. The third kappa shape index (κ3) is 2.84. The summed E-state index contributed by atoms with van der Waals surface area (Å²) < 4.78 is 0. The molecule has 2 heterocycles. The van der Waals surface area contributed by atoms with Gasteiger partial charge in [0.15, 0.2) is 0 Å². The molecule has 0 radical (unpaired) electrons. The Morgan fingerprint density at radius 2 is 1.58 bits per heavy atom. The van der Waals surface area contributed by atoms with E-state index >= 15 is 0 Å². The Bertz CT molecular complexity index is 707. The lowest BCUT2D eigenvalue weighted by atomic mass is 9.77. The number of hydrogen-bond donors (Lipinski definition) is 0. The van der Waals surface area contributed by atoms with E-state index in [0.717, 1.165) is 31.7 Å². The first-order chi connectivity index (χ1) is 11.7. The maximum absolute atomic E-state index is 12.5. The lowest BCUT2D eigenvalue weighted by Crippen LogP contribution is -2.60. The molecule has 3 heteroatoms. The highest BCUT2D eigenvalue weighted by atomic mass is 16.2. The first-order valence-corrected chi connectivity index (χ1v) is 8.79. The molecule has 1 unspecified atom stereocenters. The van der Waals surface area contributed by atoms with Crippen molar-refractivity contribution in [2.45, 2.75) is 25.8 Å². The van der Waals surface area contributed by atoms with Gasteiger partial charge >= 0.3 is 0 Å². The van der Waals surface area contributed by atoms with Crippen molar-refractivity contribution in [2.24, 2.45) is 5.41 Å². The fraction of sp³-hybridized carbons (Fsp3) is 0.381. The van der Waals surface area contributed by atoms with Crippen molar-refractivity contribution < 1.29 is 4.79 Å². The molecular weight excluding hydrogens is 296 g/mol. The Morgan fingerprint density at radius 3 is 2.25 bits per heavy atom. The van der Waals surface area contributed by atoms with Crippen LogP contribution in [0, 0.1) is 5.41 Å². The van der Waals surface area contributed by atoms with Crippen molar-refractivity contribution in [1.29, 1.82) is 0 Å². The highest BCUT2D eigenvalue weighted by Crippen LogP contribution is 2.42. The van der Waals surface area contributed by atoms with Gasteiger partial charge in [0, 0.05) is 43.2 Å². The largest absolute Gasteiger partial charge is 0.312 e. The van der Waals surface area contributed by atoms with Gasteiger partial charge in [-0.3, -0.25) is 9.69 Å². The fourth-order valence-electron chi connectivity index (χ4n) is 4.16. The third-order valence-electron chi connectivity index (χ3n) is 5.46. The topological polar surface area (TPSA) is 23.6 Å². The van der Waals surface area contributed by atoms with Crippen LogP contribution in [0.5, 0.6) is 0 Å². The second kappa shape index (κ2) is 6.06. The molecule has 4 rings (SSSR count). The number of rotatable bonds is 4. The summed E-state index contributed by atoms with van der Waals surface area (Å²) in [5.41, 5.74) is 2.59. The zero-order chi connectivity index (χ0) is 16.6. The van der Waals surface area contributed by atoms with Crippen molar-refractivity contribution in [3.05, 3.63) is 66.2 Å². The smallest absolute Gasteiger partial charge is 0.227 e. The molecule has 0 bridgehead atoms. The molecule has 24 heavy (non-hydrogen) atoms. The first kappa shape index (κ1) is 15.4. The summed E-state index contributed by atoms with van der Waals surface area (Å²) in [7, 11) is 0. The van der Waals surface area contributed by atoms with Gasteiger partial charge in [-0.2, -0.15) is 0 Å². The minimum absolute atomic E-state index is 0.165. The molecule has 2 fully saturated rings. The van der Waals surface area contributed by atoms with E-state index in [0.29, 0.717) is 12.5 Å². The molecule has 0 aliphatic carbocycles. The van der Waals surface area contributed by atoms with Gasteiger partial charge in [-0.05, 0) is 31.0 Å². The van der Waals surface area contributed by atoms with Crippen LogP contribution in [0.25, 0.3) is 0 Å². The van der Waals surface area contributed by atoms with Gasteiger partial charge in [-0.1, -0.05) is 48.5 Å². The van der Waals surface area contributed by atoms with Crippen LogP contribution in [0.3, 0.4) is 0 Å². The van der Waals surface area contributed by atoms with E-state index in [1.54, 1.807) is 0 Å². The van der Waals surface area contributed by atoms with E-state index in [1.165, 1.54) is 5.56 Å². The number of hydrogen-bond acceptors (Lipinski definition) is 2. The molecule has 1 atom stereocenters. The predicted octanol–water partition coefficient (Wildman–Crippen LogP) is 3.36. The van der Waals surface area contributed by atoms with Crippen molar-refractivity contribution in [1.82, 2.24) is 4.90 Å². The zero-order valence-corrected chi connectivity index (χ0v) is 14.2. The van der Waals surface area contributed by atoms with E-state index < -0.39 is 0 Å². The molecule has 3 nitrogen and oxygen atoms in total. The van der Waals surface area contributed by atoms with Crippen LogP contribution in [-0.4, -0.2) is 36.5 Å². The van der Waals surface area contributed by atoms with E-state index in [1.807, 2.05) is 35.2 Å². The summed E-state index contributed by atoms with van der Waals surface area (Å²) in [5, 5.41) is 0. The number of benzene rings is 2. The van der Waals surface area contributed by atoms with Crippen molar-refractivity contribution in [3.8, 4) is 0 Å².